The summed E-state index contributed by atoms with van der Waals surface area (Å²) in [5.74, 6) is 0. The smallest absolute Gasteiger partial charge is 0.270 e. The Morgan fingerprint density at radius 1 is 1.41 bits per heavy atom. The lowest BCUT2D eigenvalue weighted by Crippen LogP contribution is -2.43. The van der Waals surface area contributed by atoms with E-state index in [1.54, 1.807) is 6.07 Å². The van der Waals surface area contributed by atoms with Crippen molar-refractivity contribution in [3.8, 4) is 0 Å². The number of hydrogen-bond donors (Lipinski definition) is 1. The van der Waals surface area contributed by atoms with Gasteiger partial charge in [-0.25, -0.2) is 0 Å². The summed E-state index contributed by atoms with van der Waals surface area (Å²) in [4.78, 5) is 12.8. The number of nitro benzene ring substituents is 1. The molecule has 1 aromatic carbocycles. The summed E-state index contributed by atoms with van der Waals surface area (Å²) >= 11 is 6.21. The summed E-state index contributed by atoms with van der Waals surface area (Å²) in [5, 5.41) is 14.6. The molecule has 1 saturated heterocycles. The Morgan fingerprint density at radius 3 is 2.64 bits per heavy atom. The SMILES string of the molecule is CCCN(Cc1ccc([N+](=O)[O-])cc1Cl)C1CCNCC1.Cl. The number of non-ortho nitro benzene ring substituents is 1. The molecule has 2 rings (SSSR count). The zero-order valence-corrected chi connectivity index (χ0v) is 14.3. The van der Waals surface area contributed by atoms with E-state index in [0.717, 1.165) is 51.0 Å². The number of nitrogens with one attached hydrogen (secondary N) is 1. The van der Waals surface area contributed by atoms with Crippen molar-refractivity contribution in [2.24, 2.45) is 0 Å². The van der Waals surface area contributed by atoms with Crippen LogP contribution in [0.1, 0.15) is 31.7 Å². The Kier molecular flexibility index (Phi) is 8.10. The van der Waals surface area contributed by atoms with Crippen LogP contribution in [0.4, 0.5) is 5.69 Å². The van der Waals surface area contributed by atoms with Crippen LogP contribution in [0.15, 0.2) is 18.2 Å². The first-order valence-corrected chi connectivity index (χ1v) is 7.87. The van der Waals surface area contributed by atoms with E-state index in [2.05, 4.69) is 17.1 Å². The Hall–Kier alpha value is -0.880. The van der Waals surface area contributed by atoms with E-state index in [9.17, 15) is 10.1 Å². The van der Waals surface area contributed by atoms with Gasteiger partial charge in [0.1, 0.15) is 0 Å². The normalized spacial score (nSPS) is 15.6. The highest BCUT2D eigenvalue weighted by atomic mass is 35.5. The fourth-order valence-corrected chi connectivity index (χ4v) is 3.08. The predicted octanol–water partition coefficient (Wildman–Crippen LogP) is 3.63. The molecule has 1 aliphatic heterocycles. The minimum absolute atomic E-state index is 0. The number of piperidine rings is 1. The Morgan fingerprint density at radius 2 is 2.09 bits per heavy atom. The molecular formula is C15H23Cl2N3O2. The number of nitrogens with zero attached hydrogens (tertiary/aromatic N) is 2. The second-order valence-corrected chi connectivity index (χ2v) is 5.89. The largest absolute Gasteiger partial charge is 0.317 e. The van der Waals surface area contributed by atoms with Crippen molar-refractivity contribution >= 4 is 29.7 Å². The fourth-order valence-electron chi connectivity index (χ4n) is 2.85. The van der Waals surface area contributed by atoms with Crippen molar-refractivity contribution in [1.29, 1.82) is 0 Å². The van der Waals surface area contributed by atoms with Gasteiger partial charge in [-0.15, -0.1) is 12.4 Å². The molecule has 0 bridgehead atoms. The van der Waals surface area contributed by atoms with Crippen LogP contribution in [0.3, 0.4) is 0 Å². The zero-order chi connectivity index (χ0) is 15.2. The van der Waals surface area contributed by atoms with Crippen molar-refractivity contribution in [3.63, 3.8) is 0 Å². The van der Waals surface area contributed by atoms with Crippen LogP contribution < -0.4 is 5.32 Å². The van der Waals surface area contributed by atoms with E-state index >= 15 is 0 Å². The third-order valence-corrected chi connectivity index (χ3v) is 4.31. The van der Waals surface area contributed by atoms with Crippen molar-refractivity contribution in [2.75, 3.05) is 19.6 Å². The lowest BCUT2D eigenvalue weighted by atomic mass is 10.0. The molecule has 1 N–H and O–H groups in total. The van der Waals surface area contributed by atoms with Crippen molar-refractivity contribution in [2.45, 2.75) is 38.8 Å². The average Bonchev–Trinajstić information content (AvgIpc) is 2.49. The van der Waals surface area contributed by atoms with Crippen molar-refractivity contribution in [3.05, 3.63) is 38.9 Å². The van der Waals surface area contributed by atoms with Gasteiger partial charge in [-0.2, -0.15) is 0 Å². The van der Waals surface area contributed by atoms with Crippen LogP contribution in [0, 0.1) is 10.1 Å². The summed E-state index contributed by atoms with van der Waals surface area (Å²) in [5.41, 5.74) is 1.02. The topological polar surface area (TPSA) is 58.4 Å². The van der Waals surface area contributed by atoms with Crippen LogP contribution in [-0.4, -0.2) is 35.5 Å². The quantitative estimate of drug-likeness (QED) is 0.630. The highest BCUT2D eigenvalue weighted by Crippen LogP contribution is 2.25. The third-order valence-electron chi connectivity index (χ3n) is 3.96. The Balaban J connectivity index is 0.00000242. The summed E-state index contributed by atoms with van der Waals surface area (Å²) in [6, 6.07) is 5.33. The maximum absolute atomic E-state index is 10.8. The molecule has 0 amide bonds. The molecule has 0 spiro atoms. The first kappa shape index (κ1) is 19.2. The van der Waals surface area contributed by atoms with E-state index in [-0.39, 0.29) is 18.1 Å². The average molecular weight is 348 g/mol. The first-order valence-electron chi connectivity index (χ1n) is 7.49. The van der Waals surface area contributed by atoms with E-state index in [1.165, 1.54) is 12.1 Å². The fraction of sp³-hybridized carbons (Fsp3) is 0.600. The summed E-state index contributed by atoms with van der Waals surface area (Å²) in [7, 11) is 0. The lowest BCUT2D eigenvalue weighted by Gasteiger charge is -2.34. The lowest BCUT2D eigenvalue weighted by molar-refractivity contribution is -0.384. The molecule has 1 heterocycles. The molecule has 0 aliphatic carbocycles. The summed E-state index contributed by atoms with van der Waals surface area (Å²) in [6.07, 6.45) is 3.38. The monoisotopic (exact) mass is 347 g/mol. The van der Waals surface area contributed by atoms with Crippen LogP contribution in [0.2, 0.25) is 5.02 Å². The molecule has 0 aromatic heterocycles. The van der Waals surface area contributed by atoms with Gasteiger partial charge in [0.15, 0.2) is 0 Å². The number of halogens is 2. The molecule has 124 valence electrons. The molecule has 1 fully saturated rings. The third kappa shape index (κ3) is 5.09. The molecule has 0 atom stereocenters. The number of benzene rings is 1. The number of nitro groups is 1. The molecule has 1 aromatic rings. The van der Waals surface area contributed by atoms with Gasteiger partial charge >= 0.3 is 0 Å². The van der Waals surface area contributed by atoms with Gasteiger partial charge in [0.05, 0.1) is 9.95 Å². The number of hydrogen-bond acceptors (Lipinski definition) is 4. The van der Waals surface area contributed by atoms with Gasteiger partial charge in [0, 0.05) is 24.7 Å². The molecule has 0 saturated carbocycles. The van der Waals surface area contributed by atoms with Gasteiger partial charge < -0.3 is 5.32 Å². The predicted molar refractivity (Wildman–Crippen MR) is 91.9 cm³/mol. The highest BCUT2D eigenvalue weighted by Gasteiger charge is 2.21. The molecular weight excluding hydrogens is 325 g/mol. The molecule has 5 nitrogen and oxygen atoms in total. The van der Waals surface area contributed by atoms with E-state index in [0.29, 0.717) is 11.1 Å². The van der Waals surface area contributed by atoms with Crippen molar-refractivity contribution in [1.82, 2.24) is 10.2 Å². The minimum Gasteiger partial charge on any atom is -0.317 e. The van der Waals surface area contributed by atoms with E-state index < -0.39 is 4.92 Å². The van der Waals surface area contributed by atoms with Gasteiger partial charge in [0.25, 0.3) is 5.69 Å². The van der Waals surface area contributed by atoms with Crippen LogP contribution >= 0.6 is 24.0 Å². The molecule has 1 aliphatic rings. The highest BCUT2D eigenvalue weighted by molar-refractivity contribution is 6.31. The maximum Gasteiger partial charge on any atom is 0.270 e. The molecule has 7 heteroatoms. The Bertz CT molecular complexity index is 494. The van der Waals surface area contributed by atoms with Crippen LogP contribution in [0.25, 0.3) is 0 Å². The van der Waals surface area contributed by atoms with Crippen LogP contribution in [0.5, 0.6) is 0 Å². The number of rotatable bonds is 6. The van der Waals surface area contributed by atoms with Gasteiger partial charge in [-0.05, 0) is 50.5 Å². The molecule has 0 unspecified atom stereocenters. The van der Waals surface area contributed by atoms with Gasteiger partial charge in [0.2, 0.25) is 0 Å². The van der Waals surface area contributed by atoms with Gasteiger partial charge in [-0.3, -0.25) is 15.0 Å². The summed E-state index contributed by atoms with van der Waals surface area (Å²) in [6.45, 7) is 6.07. The standard InChI is InChI=1S/C15H22ClN3O2.ClH/c1-2-9-18(13-5-7-17-8-6-13)11-12-3-4-14(19(20)21)10-15(12)16;/h3-4,10,13,17H,2,5-9,11H2,1H3;1H. The minimum atomic E-state index is -0.410. The van der Waals surface area contributed by atoms with E-state index in [1.807, 2.05) is 0 Å². The maximum atomic E-state index is 10.8. The molecule has 22 heavy (non-hydrogen) atoms. The van der Waals surface area contributed by atoms with Gasteiger partial charge in [-0.1, -0.05) is 18.5 Å². The van der Waals surface area contributed by atoms with Crippen molar-refractivity contribution < 1.29 is 4.92 Å². The summed E-state index contributed by atoms with van der Waals surface area (Å²) < 4.78 is 0. The zero-order valence-electron chi connectivity index (χ0n) is 12.8. The van der Waals surface area contributed by atoms with E-state index in [4.69, 9.17) is 11.6 Å². The first-order chi connectivity index (χ1) is 10.1. The van der Waals surface area contributed by atoms with Crippen LogP contribution in [-0.2, 0) is 6.54 Å². The Labute approximate surface area is 142 Å². The molecule has 0 radical (unpaired) electrons. The second-order valence-electron chi connectivity index (χ2n) is 5.48. The second kappa shape index (κ2) is 9.30.